The summed E-state index contributed by atoms with van der Waals surface area (Å²) >= 11 is 1.88. The molecule has 0 bridgehead atoms. The molecular formula is C14H14F2N6O6S2. The lowest BCUT2D eigenvalue weighted by atomic mass is 10.0. The van der Waals surface area contributed by atoms with Crippen LogP contribution in [0.3, 0.4) is 0 Å². The Balaban J connectivity index is 1.78. The van der Waals surface area contributed by atoms with E-state index in [9.17, 15) is 33.4 Å². The van der Waals surface area contributed by atoms with Crippen LogP contribution in [0.15, 0.2) is 16.4 Å². The van der Waals surface area contributed by atoms with Crippen molar-refractivity contribution in [1.29, 1.82) is 0 Å². The number of hydrogen-bond donors (Lipinski definition) is 4. The van der Waals surface area contributed by atoms with Crippen molar-refractivity contribution in [3.63, 3.8) is 0 Å². The van der Waals surface area contributed by atoms with Gasteiger partial charge in [-0.15, -0.1) is 11.8 Å². The number of rotatable bonds is 8. The van der Waals surface area contributed by atoms with Crippen LogP contribution in [0, 0.1) is 0 Å². The molecule has 3 heterocycles. The van der Waals surface area contributed by atoms with Crippen LogP contribution in [0.1, 0.15) is 5.82 Å². The molecule has 16 heteroatoms. The molecular weight excluding hydrogens is 450 g/mol. The number of nitrogen functional groups attached to an aromatic ring is 1. The molecule has 162 valence electrons. The zero-order valence-electron chi connectivity index (χ0n) is 14.8. The van der Waals surface area contributed by atoms with Gasteiger partial charge in [0.25, 0.3) is 18.2 Å². The van der Waals surface area contributed by atoms with Gasteiger partial charge in [-0.1, -0.05) is 5.16 Å². The van der Waals surface area contributed by atoms with E-state index in [0.717, 1.165) is 28.2 Å². The van der Waals surface area contributed by atoms with Gasteiger partial charge in [-0.25, -0.2) is 13.6 Å². The van der Waals surface area contributed by atoms with Gasteiger partial charge in [0.15, 0.2) is 11.7 Å². The molecule has 5 N–H and O–H groups in total. The van der Waals surface area contributed by atoms with Crippen LogP contribution >= 0.6 is 23.3 Å². The number of carboxylic acid groups (broad SMARTS) is 1. The second-order valence-corrected chi connectivity index (χ2v) is 7.75. The Morgan fingerprint density at radius 2 is 2.20 bits per heavy atom. The first-order valence-corrected chi connectivity index (χ1v) is 9.96. The minimum absolute atomic E-state index is 0.0131. The topological polar surface area (TPSA) is 180 Å². The Labute approximate surface area is 174 Å². The number of nitrogens with zero attached hydrogens (tertiary/aromatic N) is 4. The predicted molar refractivity (Wildman–Crippen MR) is 99.6 cm³/mol. The molecule has 30 heavy (non-hydrogen) atoms. The number of anilines is 1. The molecule has 0 unspecified atom stereocenters. The average Bonchev–Trinajstić information content (AvgIpc) is 3.13. The monoisotopic (exact) mass is 464 g/mol. The van der Waals surface area contributed by atoms with Gasteiger partial charge in [0.1, 0.15) is 17.1 Å². The van der Waals surface area contributed by atoms with Crippen LogP contribution in [-0.2, 0) is 19.2 Å². The van der Waals surface area contributed by atoms with Gasteiger partial charge in [0, 0.05) is 17.3 Å². The normalized spacial score (nSPS) is 21.4. The molecule has 2 atom stereocenters. The molecule has 0 aromatic carbocycles. The number of carbonyl (C=O) groups is 3. The Morgan fingerprint density at radius 1 is 1.47 bits per heavy atom. The van der Waals surface area contributed by atoms with E-state index in [1.165, 1.54) is 0 Å². The number of β-lactam (4-membered cyclic amide) rings is 1. The maximum Gasteiger partial charge on any atom is 0.352 e. The lowest BCUT2D eigenvalue weighted by Gasteiger charge is -2.49. The summed E-state index contributed by atoms with van der Waals surface area (Å²) in [5.41, 5.74) is 4.73. The van der Waals surface area contributed by atoms with Crippen molar-refractivity contribution in [3.8, 4) is 0 Å². The van der Waals surface area contributed by atoms with Crippen LogP contribution in [0.4, 0.5) is 13.9 Å². The molecule has 1 saturated heterocycles. The van der Waals surface area contributed by atoms with E-state index in [4.69, 9.17) is 5.73 Å². The average molecular weight is 464 g/mol. The number of carboxylic acids is 1. The molecule has 0 spiro atoms. The lowest BCUT2D eigenvalue weighted by Crippen LogP contribution is -2.71. The third kappa shape index (κ3) is 4.19. The van der Waals surface area contributed by atoms with Gasteiger partial charge in [-0.2, -0.15) is 9.36 Å². The van der Waals surface area contributed by atoms with Gasteiger partial charge in [-0.05, 0) is 5.57 Å². The molecule has 1 fully saturated rings. The zero-order chi connectivity index (χ0) is 22.0. The summed E-state index contributed by atoms with van der Waals surface area (Å²) in [5.74, 6) is -3.23. The molecule has 0 saturated carbocycles. The minimum atomic E-state index is -2.84. The molecule has 0 aliphatic carbocycles. The summed E-state index contributed by atoms with van der Waals surface area (Å²) in [6.07, 6.45) is -2.84. The standard InChI is InChI=1S/C14H14F2N6O6S2/c15-5(16)2-28-20-6(9-19-14(17)30-21-9)10(24)18-7-11(25)22-8(13(26)27)4(1-23)3-29-12(7)22/h5,7,12,23H,1-3H2,(H,18,24)(H,26,27)(H2,17,19,21)/b20-6-/t7-,12-/m1/s1. The van der Waals surface area contributed by atoms with Gasteiger partial charge in [0.2, 0.25) is 11.5 Å². The van der Waals surface area contributed by atoms with Crippen LogP contribution in [-0.4, -0.2) is 84.8 Å². The second-order valence-electron chi connectivity index (χ2n) is 5.86. The molecule has 1 aromatic heterocycles. The number of aliphatic hydroxyl groups is 1. The summed E-state index contributed by atoms with van der Waals surface area (Å²) in [6.45, 7) is -1.61. The minimum Gasteiger partial charge on any atom is -0.477 e. The fraction of sp³-hybridized carbons (Fsp3) is 0.429. The fourth-order valence-corrected chi connectivity index (χ4v) is 4.46. The smallest absolute Gasteiger partial charge is 0.352 e. The van der Waals surface area contributed by atoms with Crippen LogP contribution in [0.2, 0.25) is 0 Å². The first-order chi connectivity index (χ1) is 14.2. The largest absolute Gasteiger partial charge is 0.477 e. The molecule has 2 amide bonds. The summed E-state index contributed by atoms with van der Waals surface area (Å²) in [6, 6.07) is -1.12. The second kappa shape index (κ2) is 8.88. The molecule has 12 nitrogen and oxygen atoms in total. The number of fused-ring (bicyclic) bond motifs is 1. The van der Waals surface area contributed by atoms with Gasteiger partial charge >= 0.3 is 5.97 Å². The Hall–Kier alpha value is -2.85. The number of amides is 2. The first-order valence-electron chi connectivity index (χ1n) is 8.14. The summed E-state index contributed by atoms with van der Waals surface area (Å²) < 4.78 is 28.4. The summed E-state index contributed by atoms with van der Waals surface area (Å²) in [4.78, 5) is 45.7. The number of hydrogen-bond acceptors (Lipinski definition) is 11. The maximum absolute atomic E-state index is 12.6. The summed E-state index contributed by atoms with van der Waals surface area (Å²) in [5, 5.41) is 23.6. The van der Waals surface area contributed by atoms with Crippen molar-refractivity contribution in [2.24, 2.45) is 5.16 Å². The number of nitrogens with two attached hydrogens (primary N) is 1. The number of halogens is 2. The van der Waals surface area contributed by atoms with Crippen LogP contribution in [0.5, 0.6) is 0 Å². The number of alkyl halides is 2. The number of aliphatic carboxylic acids is 1. The number of oxime groups is 1. The third-order valence-corrected chi connectivity index (χ3v) is 5.83. The number of aromatic nitrogens is 2. The fourth-order valence-electron chi connectivity index (χ4n) is 2.69. The quantitative estimate of drug-likeness (QED) is 0.208. The van der Waals surface area contributed by atoms with E-state index in [2.05, 4.69) is 24.7 Å². The van der Waals surface area contributed by atoms with Crippen LogP contribution in [0.25, 0.3) is 0 Å². The highest BCUT2D eigenvalue weighted by Gasteiger charge is 2.54. The molecule has 3 rings (SSSR count). The van der Waals surface area contributed by atoms with Crippen molar-refractivity contribution in [1.82, 2.24) is 19.6 Å². The van der Waals surface area contributed by atoms with E-state index >= 15 is 0 Å². The number of nitrogens with one attached hydrogen (secondary N) is 1. The molecule has 1 aromatic rings. The van der Waals surface area contributed by atoms with E-state index in [1.54, 1.807) is 0 Å². The van der Waals surface area contributed by atoms with Crippen molar-refractivity contribution < 1.29 is 38.2 Å². The van der Waals surface area contributed by atoms with Crippen molar-refractivity contribution >= 4 is 51.9 Å². The molecule has 2 aliphatic rings. The lowest BCUT2D eigenvalue weighted by molar-refractivity contribution is -0.150. The van der Waals surface area contributed by atoms with Gasteiger partial charge in [-0.3, -0.25) is 14.5 Å². The predicted octanol–water partition coefficient (Wildman–Crippen LogP) is -1.16. The molecule has 0 radical (unpaired) electrons. The Morgan fingerprint density at radius 3 is 2.77 bits per heavy atom. The van der Waals surface area contributed by atoms with Crippen molar-refractivity contribution in [2.75, 3.05) is 24.7 Å². The highest BCUT2D eigenvalue weighted by atomic mass is 32.2. The zero-order valence-corrected chi connectivity index (χ0v) is 16.5. The van der Waals surface area contributed by atoms with Gasteiger partial charge in [0.05, 0.1) is 6.61 Å². The number of aliphatic hydroxyl groups excluding tert-OH is 1. The van der Waals surface area contributed by atoms with Gasteiger partial charge < -0.3 is 26.1 Å². The van der Waals surface area contributed by atoms with E-state index in [1.807, 2.05) is 0 Å². The van der Waals surface area contributed by atoms with Crippen LogP contribution < -0.4 is 11.1 Å². The number of carbonyl (C=O) groups excluding carboxylic acids is 2. The highest BCUT2D eigenvalue weighted by molar-refractivity contribution is 8.00. The molecule has 2 aliphatic heterocycles. The van der Waals surface area contributed by atoms with E-state index in [0.29, 0.717) is 0 Å². The Bertz CT molecular complexity index is 938. The maximum atomic E-state index is 12.6. The third-order valence-electron chi connectivity index (χ3n) is 3.95. The van der Waals surface area contributed by atoms with E-state index < -0.39 is 54.6 Å². The highest BCUT2D eigenvalue weighted by Crippen LogP contribution is 2.40. The van der Waals surface area contributed by atoms with Crippen molar-refractivity contribution in [2.45, 2.75) is 17.8 Å². The summed E-state index contributed by atoms with van der Waals surface area (Å²) in [7, 11) is 0. The van der Waals surface area contributed by atoms with Crippen molar-refractivity contribution in [3.05, 3.63) is 17.1 Å². The van der Waals surface area contributed by atoms with E-state index in [-0.39, 0.29) is 28.0 Å². The SMILES string of the molecule is Nc1nc(/C(=N/OCC(F)F)C(=O)N[C@@H]2C(=O)N3C(C(=O)O)=C(CO)CS[C@H]23)ns1. The Kier molecular flexibility index (Phi) is 6.47. The number of thioether (sulfide) groups is 1. The first kappa shape index (κ1) is 21.8.